The van der Waals surface area contributed by atoms with Gasteiger partial charge >= 0.3 is 0 Å². The molecule has 1 aliphatic rings. The molecule has 0 spiro atoms. The summed E-state index contributed by atoms with van der Waals surface area (Å²) >= 11 is 1.57. The average Bonchev–Trinajstić information content (AvgIpc) is 3.34. The van der Waals surface area contributed by atoms with Crippen molar-refractivity contribution in [2.24, 2.45) is 0 Å². The van der Waals surface area contributed by atoms with Gasteiger partial charge in [-0.3, -0.25) is 9.10 Å². The fourth-order valence-electron chi connectivity index (χ4n) is 4.18. The summed E-state index contributed by atoms with van der Waals surface area (Å²) in [5.41, 5.74) is 4.20. The van der Waals surface area contributed by atoms with Crippen molar-refractivity contribution >= 4 is 38.6 Å². The van der Waals surface area contributed by atoms with Crippen LogP contribution in [0.2, 0.25) is 0 Å². The predicted molar refractivity (Wildman–Crippen MR) is 142 cm³/mol. The Hall–Kier alpha value is -3.69. The van der Waals surface area contributed by atoms with Gasteiger partial charge in [0.1, 0.15) is 5.75 Å². The third kappa shape index (κ3) is 5.12. The maximum atomic E-state index is 13.3. The summed E-state index contributed by atoms with van der Waals surface area (Å²) in [5.74, 6) is 0.0954. The Morgan fingerprint density at radius 1 is 1.08 bits per heavy atom. The minimum Gasteiger partial charge on any atom is -0.484 e. The number of nitrogens with zero attached hydrogens (tertiary/aromatic N) is 2. The van der Waals surface area contributed by atoms with Gasteiger partial charge in [0.2, 0.25) is 0 Å². The number of ether oxygens (including phenoxy) is 1. The van der Waals surface area contributed by atoms with E-state index in [1.165, 1.54) is 16.4 Å². The van der Waals surface area contributed by atoms with E-state index >= 15 is 0 Å². The summed E-state index contributed by atoms with van der Waals surface area (Å²) in [6.07, 6.45) is 1.64. The van der Waals surface area contributed by atoms with E-state index in [0.29, 0.717) is 18.0 Å². The summed E-state index contributed by atoms with van der Waals surface area (Å²) in [7, 11) is -3.70. The van der Waals surface area contributed by atoms with Crippen LogP contribution in [0, 0.1) is 6.92 Å². The second-order valence-corrected chi connectivity index (χ2v) is 11.4. The summed E-state index contributed by atoms with van der Waals surface area (Å²) in [5, 5.41) is 5.78. The number of rotatable bonds is 7. The number of aryl methyl sites for hydroxylation is 2. The molecule has 1 N–H and O–H groups in total. The van der Waals surface area contributed by atoms with Gasteiger partial charge in [0.15, 0.2) is 6.61 Å². The van der Waals surface area contributed by atoms with Gasteiger partial charge in [0, 0.05) is 23.2 Å². The highest BCUT2D eigenvalue weighted by atomic mass is 32.2. The van der Waals surface area contributed by atoms with Gasteiger partial charge in [-0.2, -0.15) is 0 Å². The summed E-state index contributed by atoms with van der Waals surface area (Å²) < 4.78 is 33.6. The van der Waals surface area contributed by atoms with Gasteiger partial charge in [0.05, 0.1) is 21.3 Å². The van der Waals surface area contributed by atoms with Crippen molar-refractivity contribution in [2.75, 3.05) is 22.8 Å². The van der Waals surface area contributed by atoms with Gasteiger partial charge in [0.25, 0.3) is 15.9 Å². The summed E-state index contributed by atoms with van der Waals surface area (Å²) in [6.45, 7) is 2.19. The minimum absolute atomic E-state index is 0.185. The van der Waals surface area contributed by atoms with Crippen LogP contribution in [0.15, 0.2) is 83.1 Å². The Morgan fingerprint density at radius 3 is 2.67 bits per heavy atom. The molecule has 3 aromatic carbocycles. The van der Waals surface area contributed by atoms with Crippen molar-refractivity contribution < 1.29 is 17.9 Å². The molecule has 184 valence electrons. The Bertz CT molecular complexity index is 1500. The first kappa shape index (κ1) is 24.0. The molecule has 0 radical (unpaired) electrons. The highest BCUT2D eigenvalue weighted by Crippen LogP contribution is 2.32. The molecule has 4 aromatic rings. The fraction of sp³-hybridized carbons (Fsp3) is 0.185. The molecule has 1 amide bonds. The molecule has 5 rings (SSSR count). The van der Waals surface area contributed by atoms with Crippen molar-refractivity contribution in [3.8, 4) is 17.0 Å². The molecule has 1 aromatic heterocycles. The Morgan fingerprint density at radius 2 is 1.89 bits per heavy atom. The van der Waals surface area contributed by atoms with Crippen LogP contribution in [0.4, 0.5) is 11.4 Å². The number of para-hydroxylation sites is 1. The number of carbonyl (C=O) groups is 1. The monoisotopic (exact) mass is 519 g/mol. The number of hydrogen-bond donors (Lipinski definition) is 1. The Balaban J connectivity index is 1.21. The number of amides is 1. The molecule has 7 nitrogen and oxygen atoms in total. The molecule has 9 heteroatoms. The van der Waals surface area contributed by atoms with Crippen molar-refractivity contribution in [1.82, 2.24) is 4.98 Å². The largest absolute Gasteiger partial charge is 0.484 e. The Labute approximate surface area is 214 Å². The van der Waals surface area contributed by atoms with Crippen LogP contribution in [0.3, 0.4) is 0 Å². The lowest BCUT2D eigenvalue weighted by atomic mass is 10.0. The number of sulfonamides is 1. The van der Waals surface area contributed by atoms with E-state index in [2.05, 4.69) is 10.3 Å². The molecule has 0 atom stereocenters. The van der Waals surface area contributed by atoms with E-state index in [1.807, 2.05) is 54.8 Å². The highest BCUT2D eigenvalue weighted by Gasteiger charge is 2.28. The molecule has 36 heavy (non-hydrogen) atoms. The lowest BCUT2D eigenvalue weighted by Crippen LogP contribution is -2.35. The van der Waals surface area contributed by atoms with Gasteiger partial charge in [-0.1, -0.05) is 30.3 Å². The van der Waals surface area contributed by atoms with Gasteiger partial charge in [-0.05, 0) is 67.8 Å². The summed E-state index contributed by atoms with van der Waals surface area (Å²) in [6, 6.07) is 21.2. The number of aromatic nitrogens is 1. The van der Waals surface area contributed by atoms with E-state index in [1.54, 1.807) is 29.5 Å². The molecule has 0 saturated heterocycles. The number of thiazole rings is 1. The maximum absolute atomic E-state index is 13.3. The third-order valence-corrected chi connectivity index (χ3v) is 8.51. The first-order chi connectivity index (χ1) is 17.4. The predicted octanol–water partition coefficient (Wildman–Crippen LogP) is 5.28. The molecule has 1 aliphatic heterocycles. The zero-order chi connectivity index (χ0) is 25.1. The van der Waals surface area contributed by atoms with Crippen LogP contribution in [0.1, 0.15) is 17.0 Å². The number of fused-ring (bicyclic) bond motifs is 1. The van der Waals surface area contributed by atoms with E-state index in [0.717, 1.165) is 40.4 Å². The molecule has 2 heterocycles. The molecule has 0 aliphatic carbocycles. The smallest absolute Gasteiger partial charge is 0.264 e. The molecule has 0 unspecified atom stereocenters. The van der Waals surface area contributed by atoms with Gasteiger partial charge in [-0.15, -0.1) is 11.3 Å². The zero-order valence-corrected chi connectivity index (χ0v) is 21.3. The molecule has 0 saturated carbocycles. The molecule has 0 fully saturated rings. The Kier molecular flexibility index (Phi) is 6.75. The maximum Gasteiger partial charge on any atom is 0.264 e. The minimum atomic E-state index is -3.70. The fourth-order valence-corrected chi connectivity index (χ4v) is 6.35. The van der Waals surface area contributed by atoms with E-state index in [9.17, 15) is 13.2 Å². The van der Waals surface area contributed by atoms with Crippen LogP contribution < -0.4 is 14.4 Å². The normalized spacial score (nSPS) is 13.2. The molecular weight excluding hydrogens is 494 g/mol. The molecular formula is C27H25N3O4S2. The second kappa shape index (κ2) is 10.1. The number of carbonyl (C=O) groups excluding carboxylic acids is 1. The van der Waals surface area contributed by atoms with Gasteiger partial charge in [-0.25, -0.2) is 13.4 Å². The highest BCUT2D eigenvalue weighted by molar-refractivity contribution is 7.92. The van der Waals surface area contributed by atoms with Crippen LogP contribution in [-0.2, 0) is 21.2 Å². The lowest BCUT2D eigenvalue weighted by Gasteiger charge is -2.30. The third-order valence-electron chi connectivity index (χ3n) is 5.91. The van der Waals surface area contributed by atoms with Crippen LogP contribution >= 0.6 is 11.3 Å². The van der Waals surface area contributed by atoms with E-state index < -0.39 is 10.0 Å². The number of anilines is 2. The second-order valence-electron chi connectivity index (χ2n) is 8.45. The van der Waals surface area contributed by atoms with Crippen LogP contribution in [0.5, 0.6) is 5.75 Å². The average molecular weight is 520 g/mol. The van der Waals surface area contributed by atoms with Crippen LogP contribution in [0.25, 0.3) is 11.3 Å². The zero-order valence-electron chi connectivity index (χ0n) is 19.7. The van der Waals surface area contributed by atoms with E-state index in [-0.39, 0.29) is 17.4 Å². The SMILES string of the molecule is Cc1nc(-c2cccc(NC(=O)COc3ccc(S(=O)(=O)N4CCCc5ccccc54)cc3)c2)cs1. The standard InChI is InChI=1S/C27H25N3O4S2/c1-19-28-25(18-35-19)21-7-4-9-22(16-21)29-27(31)17-34-23-11-13-24(14-12-23)36(32,33)30-15-5-8-20-6-2-3-10-26(20)30/h2-4,6-7,9-14,16,18H,5,8,15,17H2,1H3,(H,29,31). The van der Waals surface area contributed by atoms with Gasteiger partial charge < -0.3 is 10.1 Å². The quantitative estimate of drug-likeness (QED) is 0.359. The van der Waals surface area contributed by atoms with Crippen molar-refractivity contribution in [2.45, 2.75) is 24.7 Å². The van der Waals surface area contributed by atoms with E-state index in [4.69, 9.17) is 4.74 Å². The number of hydrogen-bond acceptors (Lipinski definition) is 6. The number of benzene rings is 3. The van der Waals surface area contributed by atoms with Crippen molar-refractivity contribution in [1.29, 1.82) is 0 Å². The first-order valence-electron chi connectivity index (χ1n) is 11.6. The molecule has 0 bridgehead atoms. The first-order valence-corrected chi connectivity index (χ1v) is 13.9. The summed E-state index contributed by atoms with van der Waals surface area (Å²) in [4.78, 5) is 17.1. The topological polar surface area (TPSA) is 88.6 Å². The van der Waals surface area contributed by atoms with Crippen LogP contribution in [-0.4, -0.2) is 32.5 Å². The number of nitrogens with one attached hydrogen (secondary N) is 1. The van der Waals surface area contributed by atoms with Crippen molar-refractivity contribution in [3.05, 3.63) is 88.7 Å². The lowest BCUT2D eigenvalue weighted by molar-refractivity contribution is -0.118. The van der Waals surface area contributed by atoms with Crippen molar-refractivity contribution in [3.63, 3.8) is 0 Å².